The Morgan fingerprint density at radius 3 is 2.30 bits per heavy atom. The van der Waals surface area contributed by atoms with E-state index < -0.39 is 0 Å². The zero-order chi connectivity index (χ0) is 7.72. The van der Waals surface area contributed by atoms with Gasteiger partial charge in [-0.2, -0.15) is 0 Å². The van der Waals surface area contributed by atoms with Gasteiger partial charge in [0, 0.05) is 10.2 Å². The van der Waals surface area contributed by atoms with E-state index in [1.165, 1.54) is 0 Å². The Morgan fingerprint density at radius 2 is 1.80 bits per heavy atom. The fourth-order valence-corrected chi connectivity index (χ4v) is 1.24. The maximum atomic E-state index is 9.09. The molecule has 1 aromatic rings. The first-order chi connectivity index (χ1) is 4.61. The summed E-state index contributed by atoms with van der Waals surface area (Å²) in [6, 6.07) is 3.18. The molecule has 10 heavy (non-hydrogen) atoms. The minimum atomic E-state index is 0.182. The molecule has 0 spiro atoms. The smallest absolute Gasteiger partial charge is 0.131 e. The van der Waals surface area contributed by atoms with Gasteiger partial charge < -0.3 is 10.8 Å². The zero-order valence-corrected chi connectivity index (χ0v) is 8.11. The van der Waals surface area contributed by atoms with Crippen molar-refractivity contribution in [2.75, 3.05) is 5.73 Å². The van der Waals surface area contributed by atoms with Crippen LogP contribution in [0.1, 0.15) is 0 Å². The Morgan fingerprint density at radius 1 is 1.20 bits per heavy atom. The van der Waals surface area contributed by atoms with Crippen molar-refractivity contribution in [1.29, 1.82) is 0 Å². The Hall–Kier alpha value is -0.220. The summed E-state index contributed by atoms with van der Waals surface area (Å²) in [6.07, 6.45) is 0. The van der Waals surface area contributed by atoms with Crippen molar-refractivity contribution in [3.05, 3.63) is 21.1 Å². The van der Waals surface area contributed by atoms with Gasteiger partial charge in [-0.05, 0) is 44.0 Å². The third-order valence-electron chi connectivity index (χ3n) is 1.07. The van der Waals surface area contributed by atoms with Gasteiger partial charge in [-0.15, -0.1) is 0 Å². The number of hydrogen-bond donors (Lipinski definition) is 2. The first kappa shape index (κ1) is 7.88. The number of aromatic hydroxyl groups is 1. The number of phenols is 1. The van der Waals surface area contributed by atoms with Crippen molar-refractivity contribution >= 4 is 37.5 Å². The van der Waals surface area contributed by atoms with E-state index in [0.29, 0.717) is 14.6 Å². The second-order valence-corrected chi connectivity index (χ2v) is 3.53. The Labute approximate surface area is 75.3 Å². The van der Waals surface area contributed by atoms with E-state index in [2.05, 4.69) is 31.9 Å². The Bertz CT molecular complexity index is 212. The maximum Gasteiger partial charge on any atom is 0.131 e. The van der Waals surface area contributed by atoms with Gasteiger partial charge in [0.1, 0.15) is 5.75 Å². The quantitative estimate of drug-likeness (QED) is 0.560. The van der Waals surface area contributed by atoms with E-state index in [4.69, 9.17) is 10.8 Å². The number of hydrogen-bond acceptors (Lipinski definition) is 2. The van der Waals surface area contributed by atoms with Crippen LogP contribution in [0, 0.1) is 0 Å². The lowest BCUT2D eigenvalue weighted by Crippen LogP contribution is -1.85. The van der Waals surface area contributed by atoms with Gasteiger partial charge in [-0.25, -0.2) is 0 Å². The van der Waals surface area contributed by atoms with Crippen LogP contribution in [0.15, 0.2) is 21.1 Å². The topological polar surface area (TPSA) is 46.2 Å². The van der Waals surface area contributed by atoms with Crippen LogP contribution in [-0.2, 0) is 0 Å². The standard InChI is InChI=1S/C6H5Br2NO/c7-3-2-6(10)4(8)1-5(3)9/h1-2,10H,9H2. The normalized spacial score (nSPS) is 9.80. The molecule has 0 bridgehead atoms. The largest absolute Gasteiger partial charge is 0.507 e. The molecule has 0 amide bonds. The van der Waals surface area contributed by atoms with E-state index in [0.717, 1.165) is 0 Å². The molecule has 1 aromatic carbocycles. The minimum absolute atomic E-state index is 0.182. The summed E-state index contributed by atoms with van der Waals surface area (Å²) in [7, 11) is 0. The molecule has 0 unspecified atom stereocenters. The second kappa shape index (κ2) is 2.80. The van der Waals surface area contributed by atoms with Crippen molar-refractivity contribution in [1.82, 2.24) is 0 Å². The second-order valence-electron chi connectivity index (χ2n) is 1.83. The highest BCUT2D eigenvalue weighted by Gasteiger charge is 2.01. The molecular weight excluding hydrogens is 262 g/mol. The van der Waals surface area contributed by atoms with Crippen LogP contribution in [0.2, 0.25) is 0 Å². The number of nitrogen functional groups attached to an aromatic ring is 1. The highest BCUT2D eigenvalue weighted by Crippen LogP contribution is 2.31. The van der Waals surface area contributed by atoms with Gasteiger partial charge in [-0.3, -0.25) is 0 Å². The molecule has 0 radical (unpaired) electrons. The van der Waals surface area contributed by atoms with Crippen LogP contribution in [0.25, 0.3) is 0 Å². The third-order valence-corrected chi connectivity index (χ3v) is 2.39. The van der Waals surface area contributed by atoms with Crippen LogP contribution < -0.4 is 5.73 Å². The third kappa shape index (κ3) is 1.44. The SMILES string of the molecule is Nc1cc(Br)c(O)cc1Br. The van der Waals surface area contributed by atoms with Crippen molar-refractivity contribution in [2.45, 2.75) is 0 Å². The summed E-state index contributed by atoms with van der Waals surface area (Å²) in [5.41, 5.74) is 6.10. The number of nitrogens with two attached hydrogens (primary N) is 1. The zero-order valence-electron chi connectivity index (χ0n) is 4.94. The average Bonchev–Trinajstić information content (AvgIpc) is 1.84. The lowest BCUT2D eigenvalue weighted by atomic mass is 10.3. The van der Waals surface area contributed by atoms with E-state index >= 15 is 0 Å². The molecule has 2 nitrogen and oxygen atoms in total. The van der Waals surface area contributed by atoms with Crippen LogP contribution in [0.4, 0.5) is 5.69 Å². The van der Waals surface area contributed by atoms with Crippen molar-refractivity contribution < 1.29 is 5.11 Å². The van der Waals surface area contributed by atoms with Crippen LogP contribution in [0.5, 0.6) is 5.75 Å². The predicted molar refractivity (Wildman–Crippen MR) is 47.9 cm³/mol. The summed E-state index contributed by atoms with van der Waals surface area (Å²) in [6.45, 7) is 0. The lowest BCUT2D eigenvalue weighted by Gasteiger charge is -2.00. The fourth-order valence-electron chi connectivity index (χ4n) is 0.552. The molecule has 4 heteroatoms. The Kier molecular flexibility index (Phi) is 2.21. The molecule has 54 valence electrons. The summed E-state index contributed by atoms with van der Waals surface area (Å²) < 4.78 is 1.31. The first-order valence-electron chi connectivity index (χ1n) is 2.54. The van der Waals surface area contributed by atoms with Crippen LogP contribution >= 0.6 is 31.9 Å². The molecule has 0 saturated carbocycles. The summed E-state index contributed by atoms with van der Waals surface area (Å²) in [5, 5.41) is 9.09. The van der Waals surface area contributed by atoms with Gasteiger partial charge in [0.2, 0.25) is 0 Å². The predicted octanol–water partition coefficient (Wildman–Crippen LogP) is 2.50. The van der Waals surface area contributed by atoms with Gasteiger partial charge >= 0.3 is 0 Å². The van der Waals surface area contributed by atoms with E-state index in [1.54, 1.807) is 12.1 Å². The molecule has 3 N–H and O–H groups in total. The molecular formula is C6H5Br2NO. The number of rotatable bonds is 0. The van der Waals surface area contributed by atoms with Crippen LogP contribution in [0.3, 0.4) is 0 Å². The summed E-state index contributed by atoms with van der Waals surface area (Å²) >= 11 is 6.30. The van der Waals surface area contributed by atoms with Crippen molar-refractivity contribution in [3.63, 3.8) is 0 Å². The molecule has 0 fully saturated rings. The minimum Gasteiger partial charge on any atom is -0.507 e. The first-order valence-corrected chi connectivity index (χ1v) is 4.13. The lowest BCUT2D eigenvalue weighted by molar-refractivity contribution is 0.471. The van der Waals surface area contributed by atoms with E-state index in [1.807, 2.05) is 0 Å². The van der Waals surface area contributed by atoms with Crippen molar-refractivity contribution in [2.24, 2.45) is 0 Å². The monoisotopic (exact) mass is 265 g/mol. The molecule has 1 rings (SSSR count). The molecule has 0 aromatic heterocycles. The molecule has 0 heterocycles. The summed E-state index contributed by atoms with van der Waals surface area (Å²) in [4.78, 5) is 0. The van der Waals surface area contributed by atoms with Gasteiger partial charge in [-0.1, -0.05) is 0 Å². The molecule has 0 aliphatic carbocycles. The van der Waals surface area contributed by atoms with E-state index in [-0.39, 0.29) is 5.75 Å². The fraction of sp³-hybridized carbons (Fsp3) is 0. The number of anilines is 1. The van der Waals surface area contributed by atoms with E-state index in [9.17, 15) is 0 Å². The highest BCUT2D eigenvalue weighted by molar-refractivity contribution is 9.11. The molecule has 0 aliphatic heterocycles. The average molecular weight is 267 g/mol. The van der Waals surface area contributed by atoms with Gasteiger partial charge in [0.15, 0.2) is 0 Å². The number of benzene rings is 1. The van der Waals surface area contributed by atoms with Crippen LogP contribution in [-0.4, -0.2) is 5.11 Å². The molecule has 0 aliphatic rings. The number of phenolic OH excluding ortho intramolecular Hbond substituents is 1. The highest BCUT2D eigenvalue weighted by atomic mass is 79.9. The van der Waals surface area contributed by atoms with Crippen molar-refractivity contribution in [3.8, 4) is 5.75 Å². The van der Waals surface area contributed by atoms with Gasteiger partial charge in [0.05, 0.1) is 4.47 Å². The number of halogens is 2. The Balaban J connectivity index is 3.28. The molecule has 0 atom stereocenters. The van der Waals surface area contributed by atoms with Gasteiger partial charge in [0.25, 0.3) is 0 Å². The maximum absolute atomic E-state index is 9.09. The molecule has 0 saturated heterocycles. The summed E-state index contributed by atoms with van der Waals surface area (Å²) in [5.74, 6) is 0.182.